The second-order valence-corrected chi connectivity index (χ2v) is 4.00. The van der Waals surface area contributed by atoms with Gasteiger partial charge in [0.1, 0.15) is 0 Å². The zero-order valence-corrected chi connectivity index (χ0v) is 9.66. The Morgan fingerprint density at radius 3 is 2.47 bits per heavy atom. The number of anilines is 1. The Kier molecular flexibility index (Phi) is 5.19. The first-order chi connectivity index (χ1) is 7.26. The number of rotatable bonds is 6. The normalized spacial score (nSPS) is 12.5. The summed E-state index contributed by atoms with van der Waals surface area (Å²) >= 11 is 0. The van der Waals surface area contributed by atoms with Crippen molar-refractivity contribution in [3.05, 3.63) is 29.8 Å². The Balaban J connectivity index is 2.48. The van der Waals surface area contributed by atoms with Crippen molar-refractivity contribution in [3.63, 3.8) is 0 Å². The molecule has 0 aliphatic carbocycles. The van der Waals surface area contributed by atoms with Crippen molar-refractivity contribution in [3.8, 4) is 0 Å². The lowest BCUT2D eigenvalue weighted by Crippen LogP contribution is -2.14. The van der Waals surface area contributed by atoms with Crippen molar-refractivity contribution in [2.75, 3.05) is 11.9 Å². The standard InChI is InChI=1S/C13H21NO/c1-3-4-11(2)14-13-7-5-12(6-8-13)9-10-15/h5-8,11,14-15H,3-4,9-10H2,1-2H3/t11-/m1/s1. The van der Waals surface area contributed by atoms with Gasteiger partial charge < -0.3 is 10.4 Å². The second kappa shape index (κ2) is 6.46. The molecule has 0 fully saturated rings. The van der Waals surface area contributed by atoms with Crippen molar-refractivity contribution in [1.82, 2.24) is 0 Å². The lowest BCUT2D eigenvalue weighted by molar-refractivity contribution is 0.299. The van der Waals surface area contributed by atoms with E-state index in [1.54, 1.807) is 0 Å². The summed E-state index contributed by atoms with van der Waals surface area (Å²) in [5.41, 5.74) is 2.35. The van der Waals surface area contributed by atoms with Gasteiger partial charge in [-0.1, -0.05) is 25.5 Å². The third-order valence-corrected chi connectivity index (χ3v) is 2.49. The molecule has 1 atom stereocenters. The van der Waals surface area contributed by atoms with Gasteiger partial charge in [-0.05, 0) is 37.5 Å². The highest BCUT2D eigenvalue weighted by molar-refractivity contribution is 5.45. The summed E-state index contributed by atoms with van der Waals surface area (Å²) in [6.45, 7) is 4.62. The lowest BCUT2D eigenvalue weighted by Gasteiger charge is -2.14. The first-order valence-electron chi connectivity index (χ1n) is 5.72. The first kappa shape index (κ1) is 12.1. The van der Waals surface area contributed by atoms with Crippen molar-refractivity contribution < 1.29 is 5.11 Å². The Labute approximate surface area is 92.3 Å². The summed E-state index contributed by atoms with van der Waals surface area (Å²) in [6.07, 6.45) is 3.14. The summed E-state index contributed by atoms with van der Waals surface area (Å²) in [6, 6.07) is 8.82. The van der Waals surface area contributed by atoms with E-state index in [9.17, 15) is 0 Å². The largest absolute Gasteiger partial charge is 0.396 e. The molecule has 2 nitrogen and oxygen atoms in total. The van der Waals surface area contributed by atoms with Crippen LogP contribution in [-0.4, -0.2) is 17.8 Å². The highest BCUT2D eigenvalue weighted by Crippen LogP contribution is 2.12. The number of hydrogen-bond acceptors (Lipinski definition) is 2. The first-order valence-corrected chi connectivity index (χ1v) is 5.72. The number of hydrogen-bond donors (Lipinski definition) is 2. The molecule has 0 saturated carbocycles. The molecule has 0 amide bonds. The molecular formula is C13H21NO. The van der Waals surface area contributed by atoms with Crippen LogP contribution in [-0.2, 0) is 6.42 Å². The summed E-state index contributed by atoms with van der Waals surface area (Å²) in [5, 5.41) is 12.2. The minimum atomic E-state index is 0.221. The average molecular weight is 207 g/mol. The van der Waals surface area contributed by atoms with Gasteiger partial charge in [0, 0.05) is 18.3 Å². The molecule has 0 aromatic heterocycles. The maximum atomic E-state index is 8.79. The topological polar surface area (TPSA) is 32.3 Å². The number of aliphatic hydroxyl groups excluding tert-OH is 1. The fourth-order valence-electron chi connectivity index (χ4n) is 1.69. The van der Waals surface area contributed by atoms with Gasteiger partial charge in [-0.15, -0.1) is 0 Å². The molecule has 1 aromatic rings. The third-order valence-electron chi connectivity index (χ3n) is 2.49. The van der Waals surface area contributed by atoms with Crippen LogP contribution in [0.15, 0.2) is 24.3 Å². The van der Waals surface area contributed by atoms with E-state index in [0.717, 1.165) is 12.1 Å². The SMILES string of the molecule is CCC[C@@H](C)Nc1ccc(CCO)cc1. The van der Waals surface area contributed by atoms with Gasteiger partial charge in [-0.3, -0.25) is 0 Å². The van der Waals surface area contributed by atoms with Crippen LogP contribution in [0, 0.1) is 0 Å². The lowest BCUT2D eigenvalue weighted by atomic mass is 10.1. The van der Waals surface area contributed by atoms with E-state index in [1.165, 1.54) is 18.4 Å². The van der Waals surface area contributed by atoms with E-state index in [2.05, 4.69) is 43.4 Å². The number of nitrogens with one attached hydrogen (secondary N) is 1. The van der Waals surface area contributed by atoms with E-state index in [1.807, 2.05) is 0 Å². The quantitative estimate of drug-likeness (QED) is 0.751. The molecule has 0 unspecified atom stereocenters. The van der Waals surface area contributed by atoms with Crippen LogP contribution in [0.2, 0.25) is 0 Å². The highest BCUT2D eigenvalue weighted by atomic mass is 16.2. The molecule has 15 heavy (non-hydrogen) atoms. The molecule has 0 heterocycles. The highest BCUT2D eigenvalue weighted by Gasteiger charge is 2.00. The third kappa shape index (κ3) is 4.34. The van der Waals surface area contributed by atoms with E-state index in [4.69, 9.17) is 5.11 Å². The second-order valence-electron chi connectivity index (χ2n) is 4.00. The summed E-state index contributed by atoms with van der Waals surface area (Å²) in [7, 11) is 0. The fraction of sp³-hybridized carbons (Fsp3) is 0.538. The monoisotopic (exact) mass is 207 g/mol. The molecule has 0 radical (unpaired) electrons. The maximum absolute atomic E-state index is 8.79. The smallest absolute Gasteiger partial charge is 0.0471 e. The molecule has 2 N–H and O–H groups in total. The Hall–Kier alpha value is -1.02. The summed E-state index contributed by atoms with van der Waals surface area (Å²) < 4.78 is 0. The molecule has 0 aliphatic heterocycles. The predicted molar refractivity (Wildman–Crippen MR) is 65.2 cm³/mol. The van der Waals surface area contributed by atoms with Crippen LogP contribution in [0.4, 0.5) is 5.69 Å². The van der Waals surface area contributed by atoms with E-state index < -0.39 is 0 Å². The van der Waals surface area contributed by atoms with Crippen LogP contribution < -0.4 is 5.32 Å². The predicted octanol–water partition coefficient (Wildman–Crippen LogP) is 2.82. The number of aliphatic hydroxyl groups is 1. The molecule has 1 rings (SSSR count). The molecule has 0 aliphatic rings. The van der Waals surface area contributed by atoms with Gasteiger partial charge in [-0.2, -0.15) is 0 Å². The van der Waals surface area contributed by atoms with Crippen molar-refractivity contribution in [1.29, 1.82) is 0 Å². The van der Waals surface area contributed by atoms with E-state index in [-0.39, 0.29) is 6.61 Å². The van der Waals surface area contributed by atoms with E-state index >= 15 is 0 Å². The number of benzene rings is 1. The molecule has 84 valence electrons. The van der Waals surface area contributed by atoms with Crippen LogP contribution in [0.5, 0.6) is 0 Å². The van der Waals surface area contributed by atoms with E-state index in [0.29, 0.717) is 6.04 Å². The van der Waals surface area contributed by atoms with Crippen LogP contribution in [0.3, 0.4) is 0 Å². The Morgan fingerprint density at radius 2 is 1.93 bits per heavy atom. The zero-order valence-electron chi connectivity index (χ0n) is 9.66. The van der Waals surface area contributed by atoms with Crippen LogP contribution in [0.1, 0.15) is 32.3 Å². The Bertz CT molecular complexity index is 268. The fourth-order valence-corrected chi connectivity index (χ4v) is 1.69. The van der Waals surface area contributed by atoms with Crippen LogP contribution in [0.25, 0.3) is 0 Å². The van der Waals surface area contributed by atoms with Gasteiger partial charge in [0.2, 0.25) is 0 Å². The molecule has 0 spiro atoms. The summed E-state index contributed by atoms with van der Waals surface area (Å²) in [5.74, 6) is 0. The van der Waals surface area contributed by atoms with Gasteiger partial charge in [0.25, 0.3) is 0 Å². The molecule has 0 saturated heterocycles. The van der Waals surface area contributed by atoms with Crippen molar-refractivity contribution in [2.24, 2.45) is 0 Å². The maximum Gasteiger partial charge on any atom is 0.0471 e. The van der Waals surface area contributed by atoms with Gasteiger partial charge in [-0.25, -0.2) is 0 Å². The molecule has 1 aromatic carbocycles. The summed E-state index contributed by atoms with van der Waals surface area (Å²) in [4.78, 5) is 0. The minimum Gasteiger partial charge on any atom is -0.396 e. The van der Waals surface area contributed by atoms with Gasteiger partial charge >= 0.3 is 0 Å². The molecule has 0 bridgehead atoms. The molecule has 2 heteroatoms. The molecular weight excluding hydrogens is 186 g/mol. The minimum absolute atomic E-state index is 0.221. The van der Waals surface area contributed by atoms with Gasteiger partial charge in [0.05, 0.1) is 0 Å². The Morgan fingerprint density at radius 1 is 1.27 bits per heavy atom. The van der Waals surface area contributed by atoms with Crippen molar-refractivity contribution in [2.45, 2.75) is 39.2 Å². The average Bonchev–Trinajstić information content (AvgIpc) is 2.22. The zero-order chi connectivity index (χ0) is 11.1. The van der Waals surface area contributed by atoms with Crippen LogP contribution >= 0.6 is 0 Å². The van der Waals surface area contributed by atoms with Crippen molar-refractivity contribution >= 4 is 5.69 Å². The van der Waals surface area contributed by atoms with Gasteiger partial charge in [0.15, 0.2) is 0 Å².